The average molecular weight is 263 g/mol. The highest BCUT2D eigenvalue weighted by molar-refractivity contribution is 6.31. The van der Waals surface area contributed by atoms with Crippen molar-refractivity contribution in [1.29, 1.82) is 0 Å². The first-order chi connectivity index (χ1) is 8.54. The second kappa shape index (κ2) is 3.85. The molecule has 1 aromatic heterocycles. The van der Waals surface area contributed by atoms with Crippen LogP contribution in [0.3, 0.4) is 0 Å². The lowest BCUT2D eigenvalue weighted by Crippen LogP contribution is -2.23. The summed E-state index contributed by atoms with van der Waals surface area (Å²) in [5, 5.41) is 13.9. The summed E-state index contributed by atoms with van der Waals surface area (Å²) in [5.41, 5.74) is 2.60. The first kappa shape index (κ1) is 11.3. The predicted octanol–water partition coefficient (Wildman–Crippen LogP) is 2.94. The van der Waals surface area contributed by atoms with Crippen molar-refractivity contribution in [2.75, 3.05) is 5.32 Å². The van der Waals surface area contributed by atoms with Crippen molar-refractivity contribution in [3.63, 3.8) is 0 Å². The Morgan fingerprint density at radius 2 is 2.28 bits per heavy atom. The molecule has 0 saturated carbocycles. The van der Waals surface area contributed by atoms with Gasteiger partial charge < -0.3 is 10.4 Å². The van der Waals surface area contributed by atoms with Gasteiger partial charge in [-0.15, -0.1) is 0 Å². The molecule has 5 heteroatoms. The monoisotopic (exact) mass is 262 g/mol. The Bertz CT molecular complexity index is 670. The van der Waals surface area contributed by atoms with Crippen LogP contribution in [0.1, 0.15) is 23.0 Å². The predicted molar refractivity (Wildman–Crippen MR) is 70.5 cm³/mol. The second-order valence-corrected chi connectivity index (χ2v) is 5.01. The molecule has 0 saturated heterocycles. The lowest BCUT2D eigenvalue weighted by atomic mass is 9.96. The third-order valence-electron chi connectivity index (χ3n) is 3.10. The fourth-order valence-corrected chi connectivity index (χ4v) is 2.68. The summed E-state index contributed by atoms with van der Waals surface area (Å²) in [6.45, 7) is 2.05. The fourth-order valence-electron chi connectivity index (χ4n) is 2.45. The molecule has 2 aromatic rings. The Labute approximate surface area is 109 Å². The summed E-state index contributed by atoms with van der Waals surface area (Å²) < 4.78 is 0. The van der Waals surface area contributed by atoms with Crippen LogP contribution in [0.25, 0.3) is 10.9 Å². The number of anilines is 1. The number of rotatable bonds is 1. The zero-order valence-electron chi connectivity index (χ0n) is 9.70. The van der Waals surface area contributed by atoms with Gasteiger partial charge in [-0.25, -0.2) is 9.78 Å². The molecule has 0 spiro atoms. The van der Waals surface area contributed by atoms with E-state index in [1.54, 1.807) is 12.1 Å². The summed E-state index contributed by atoms with van der Waals surface area (Å²) in [7, 11) is 0. The van der Waals surface area contributed by atoms with E-state index in [9.17, 15) is 4.79 Å². The Hall–Kier alpha value is -1.81. The molecule has 0 bridgehead atoms. The third-order valence-corrected chi connectivity index (χ3v) is 3.32. The van der Waals surface area contributed by atoms with E-state index in [4.69, 9.17) is 16.7 Å². The maximum absolute atomic E-state index is 11.1. The van der Waals surface area contributed by atoms with Crippen molar-refractivity contribution in [1.82, 2.24) is 4.98 Å². The van der Waals surface area contributed by atoms with Gasteiger partial charge in [-0.2, -0.15) is 0 Å². The molecule has 2 N–H and O–H groups in total. The normalized spacial score (nSPS) is 17.6. The van der Waals surface area contributed by atoms with Crippen LogP contribution in [-0.4, -0.2) is 22.1 Å². The van der Waals surface area contributed by atoms with Gasteiger partial charge in [-0.05, 0) is 37.1 Å². The van der Waals surface area contributed by atoms with Crippen LogP contribution in [-0.2, 0) is 6.42 Å². The number of nitrogens with one attached hydrogen (secondary N) is 1. The van der Waals surface area contributed by atoms with Crippen LogP contribution in [0.2, 0.25) is 5.02 Å². The van der Waals surface area contributed by atoms with Crippen molar-refractivity contribution in [2.45, 2.75) is 19.4 Å². The number of carboxylic acid groups (broad SMARTS) is 1. The van der Waals surface area contributed by atoms with Crippen molar-refractivity contribution in [3.05, 3.63) is 34.5 Å². The maximum atomic E-state index is 11.1. The van der Waals surface area contributed by atoms with Gasteiger partial charge >= 0.3 is 5.97 Å². The molecule has 1 aromatic carbocycles. The Morgan fingerprint density at radius 3 is 3.00 bits per heavy atom. The summed E-state index contributed by atoms with van der Waals surface area (Å²) in [6.07, 6.45) is 0.859. The molecule has 0 amide bonds. The van der Waals surface area contributed by atoms with Gasteiger partial charge in [0.05, 0.1) is 5.52 Å². The number of pyridine rings is 1. The number of nitrogens with zero attached hydrogens (tertiary/aromatic N) is 1. The topological polar surface area (TPSA) is 62.2 Å². The standard InChI is InChI=1S/C13H11ClN2O2/c1-6-2-7-3-8(14)4-9-12(7)10(15-6)5-11(16-9)13(17)18/h3-6,15H,2H2,1H3,(H,17,18). The van der Waals surface area contributed by atoms with Crippen LogP contribution < -0.4 is 5.32 Å². The molecule has 92 valence electrons. The average Bonchev–Trinajstić information content (AvgIpc) is 2.26. The molecule has 1 unspecified atom stereocenters. The van der Waals surface area contributed by atoms with Crippen LogP contribution in [0, 0.1) is 0 Å². The molecule has 1 aliphatic heterocycles. The lowest BCUT2D eigenvalue weighted by molar-refractivity contribution is 0.0691. The van der Waals surface area contributed by atoms with Gasteiger partial charge in [-0.1, -0.05) is 11.6 Å². The highest BCUT2D eigenvalue weighted by Gasteiger charge is 2.20. The zero-order valence-corrected chi connectivity index (χ0v) is 10.5. The second-order valence-electron chi connectivity index (χ2n) is 4.57. The molecule has 2 heterocycles. The Kier molecular flexibility index (Phi) is 2.41. The van der Waals surface area contributed by atoms with Gasteiger partial charge in [0.15, 0.2) is 5.69 Å². The molecule has 1 aliphatic rings. The lowest BCUT2D eigenvalue weighted by Gasteiger charge is -2.25. The number of carboxylic acids is 1. The smallest absolute Gasteiger partial charge is 0.354 e. The van der Waals surface area contributed by atoms with Crippen LogP contribution in [0.5, 0.6) is 0 Å². The molecule has 0 aliphatic carbocycles. The van der Waals surface area contributed by atoms with E-state index in [2.05, 4.69) is 17.2 Å². The molecule has 4 nitrogen and oxygen atoms in total. The summed E-state index contributed by atoms with van der Waals surface area (Å²) in [5.74, 6) is -1.03. The van der Waals surface area contributed by atoms with Crippen molar-refractivity contribution in [2.24, 2.45) is 0 Å². The van der Waals surface area contributed by atoms with Gasteiger partial charge in [0.1, 0.15) is 0 Å². The number of hydrogen-bond donors (Lipinski definition) is 2. The molecule has 0 radical (unpaired) electrons. The van der Waals surface area contributed by atoms with E-state index in [1.807, 2.05) is 6.07 Å². The number of aromatic nitrogens is 1. The van der Waals surface area contributed by atoms with Crippen LogP contribution in [0.15, 0.2) is 18.2 Å². The number of benzene rings is 1. The van der Waals surface area contributed by atoms with Crippen molar-refractivity contribution >= 4 is 34.2 Å². The highest BCUT2D eigenvalue weighted by Crippen LogP contribution is 2.34. The molecule has 18 heavy (non-hydrogen) atoms. The van der Waals surface area contributed by atoms with E-state index in [-0.39, 0.29) is 11.7 Å². The molecule has 1 atom stereocenters. The molecule has 0 fully saturated rings. The quantitative estimate of drug-likeness (QED) is 0.829. The van der Waals surface area contributed by atoms with E-state index < -0.39 is 5.97 Å². The van der Waals surface area contributed by atoms with Gasteiger partial charge in [0.2, 0.25) is 0 Å². The Morgan fingerprint density at radius 1 is 1.50 bits per heavy atom. The maximum Gasteiger partial charge on any atom is 0.354 e. The number of halogens is 1. The minimum Gasteiger partial charge on any atom is -0.477 e. The minimum atomic E-state index is -1.03. The number of hydrogen-bond acceptors (Lipinski definition) is 3. The van der Waals surface area contributed by atoms with E-state index in [0.29, 0.717) is 10.5 Å². The third kappa shape index (κ3) is 1.69. The fraction of sp³-hybridized carbons (Fsp3) is 0.231. The molecule has 3 rings (SSSR count). The number of aromatic carboxylic acids is 1. The molecular weight excluding hydrogens is 252 g/mol. The number of carbonyl (C=O) groups is 1. The van der Waals surface area contributed by atoms with E-state index in [0.717, 1.165) is 23.1 Å². The van der Waals surface area contributed by atoms with Gasteiger partial charge in [0.25, 0.3) is 0 Å². The van der Waals surface area contributed by atoms with Gasteiger partial charge in [-0.3, -0.25) is 0 Å². The first-order valence-corrected chi connectivity index (χ1v) is 6.05. The first-order valence-electron chi connectivity index (χ1n) is 5.67. The van der Waals surface area contributed by atoms with Crippen LogP contribution >= 0.6 is 11.6 Å². The van der Waals surface area contributed by atoms with E-state index >= 15 is 0 Å². The van der Waals surface area contributed by atoms with E-state index in [1.165, 1.54) is 0 Å². The van der Waals surface area contributed by atoms with Crippen molar-refractivity contribution in [3.8, 4) is 0 Å². The largest absolute Gasteiger partial charge is 0.477 e. The van der Waals surface area contributed by atoms with Gasteiger partial charge in [0, 0.05) is 22.1 Å². The molecular formula is C13H11ClN2O2. The highest BCUT2D eigenvalue weighted by atomic mass is 35.5. The minimum absolute atomic E-state index is 0.0346. The van der Waals surface area contributed by atoms with Crippen molar-refractivity contribution < 1.29 is 9.90 Å². The SMILES string of the molecule is CC1Cc2cc(Cl)cc3nc(C(=O)O)cc(c23)N1. The van der Waals surface area contributed by atoms with Crippen LogP contribution in [0.4, 0.5) is 5.69 Å². The summed E-state index contributed by atoms with van der Waals surface area (Å²) in [6, 6.07) is 5.46. The Balaban J connectivity index is 2.37. The zero-order chi connectivity index (χ0) is 12.9. The summed E-state index contributed by atoms with van der Waals surface area (Å²) >= 11 is 6.05. The summed E-state index contributed by atoms with van der Waals surface area (Å²) in [4.78, 5) is 15.2.